The Labute approximate surface area is 177 Å². The molecule has 3 atom stereocenters. The monoisotopic (exact) mass is 419 g/mol. The van der Waals surface area contributed by atoms with Crippen LogP contribution in [0.3, 0.4) is 0 Å². The van der Waals surface area contributed by atoms with E-state index >= 15 is 0 Å². The molecule has 158 valence electrons. The Kier molecular flexibility index (Phi) is 5.76. The molecule has 0 aromatic heterocycles. The highest BCUT2D eigenvalue weighted by Gasteiger charge is 2.40. The highest BCUT2D eigenvalue weighted by Crippen LogP contribution is 2.45. The predicted molar refractivity (Wildman–Crippen MR) is 114 cm³/mol. The summed E-state index contributed by atoms with van der Waals surface area (Å²) in [5, 5.41) is 3.60. The van der Waals surface area contributed by atoms with Crippen LogP contribution in [0.4, 0.5) is 5.69 Å². The van der Waals surface area contributed by atoms with Crippen molar-refractivity contribution in [3.05, 3.63) is 22.2 Å². The van der Waals surface area contributed by atoms with Crippen molar-refractivity contribution in [2.24, 2.45) is 0 Å². The maximum Gasteiger partial charge on any atom is 0.255 e. The van der Waals surface area contributed by atoms with Gasteiger partial charge in [-0.05, 0) is 44.7 Å². The van der Waals surface area contributed by atoms with Crippen LogP contribution in [-0.4, -0.2) is 48.4 Å². The summed E-state index contributed by atoms with van der Waals surface area (Å²) >= 11 is 6.41. The van der Waals surface area contributed by atoms with E-state index < -0.39 is 0 Å². The Balaban J connectivity index is 1.57. The van der Waals surface area contributed by atoms with Gasteiger partial charge in [0.05, 0.1) is 22.9 Å². The molecule has 3 unspecified atom stereocenters. The van der Waals surface area contributed by atoms with Gasteiger partial charge in [0, 0.05) is 36.5 Å². The zero-order valence-electron chi connectivity index (χ0n) is 17.2. The molecule has 1 aromatic carbocycles. The van der Waals surface area contributed by atoms with Crippen molar-refractivity contribution in [2.75, 3.05) is 19.4 Å². The van der Waals surface area contributed by atoms with Crippen LogP contribution >= 0.6 is 11.6 Å². The second-order valence-electron chi connectivity index (χ2n) is 8.75. The van der Waals surface area contributed by atoms with Crippen LogP contribution < -0.4 is 15.8 Å². The van der Waals surface area contributed by atoms with E-state index in [1.165, 1.54) is 0 Å². The number of hydrogen-bond acceptors (Lipinski definition) is 5. The van der Waals surface area contributed by atoms with Gasteiger partial charge in [0.25, 0.3) is 5.91 Å². The number of carbonyl (C=O) groups is 2. The quantitative estimate of drug-likeness (QED) is 0.729. The van der Waals surface area contributed by atoms with E-state index in [1.807, 2.05) is 0 Å². The van der Waals surface area contributed by atoms with Crippen LogP contribution in [0, 0.1) is 0 Å². The number of ether oxygens (including phenoxy) is 1. The third-order valence-electron chi connectivity index (χ3n) is 6.84. The van der Waals surface area contributed by atoms with Gasteiger partial charge in [-0.25, -0.2) is 0 Å². The zero-order valence-corrected chi connectivity index (χ0v) is 17.9. The number of fused-ring (bicyclic) bond motifs is 3. The maximum absolute atomic E-state index is 13.2. The van der Waals surface area contributed by atoms with E-state index in [0.29, 0.717) is 47.3 Å². The number of carbonyl (C=O) groups excluding carboxylic acids is 2. The lowest BCUT2D eigenvalue weighted by Crippen LogP contribution is -2.57. The highest BCUT2D eigenvalue weighted by molar-refractivity contribution is 6.33. The Morgan fingerprint density at radius 2 is 2.03 bits per heavy atom. The van der Waals surface area contributed by atoms with Crippen molar-refractivity contribution < 1.29 is 14.3 Å². The van der Waals surface area contributed by atoms with Gasteiger partial charge >= 0.3 is 0 Å². The van der Waals surface area contributed by atoms with Gasteiger partial charge in [0.1, 0.15) is 11.5 Å². The summed E-state index contributed by atoms with van der Waals surface area (Å²) in [5.74, 6) is 1.02. The first kappa shape index (κ1) is 20.5. The van der Waals surface area contributed by atoms with Crippen molar-refractivity contribution in [3.8, 4) is 5.75 Å². The predicted octanol–water partition coefficient (Wildman–Crippen LogP) is 3.51. The smallest absolute Gasteiger partial charge is 0.255 e. The summed E-state index contributed by atoms with van der Waals surface area (Å²) < 4.78 is 5.93. The fourth-order valence-electron chi connectivity index (χ4n) is 5.31. The van der Waals surface area contributed by atoms with E-state index in [9.17, 15) is 9.59 Å². The summed E-state index contributed by atoms with van der Waals surface area (Å²) in [6.45, 7) is 2.73. The third kappa shape index (κ3) is 3.84. The number of benzene rings is 1. The largest absolute Gasteiger partial charge is 0.492 e. The van der Waals surface area contributed by atoms with E-state index in [4.69, 9.17) is 22.1 Å². The normalized spacial score (nSPS) is 29.1. The molecule has 0 radical (unpaired) electrons. The molecule has 0 saturated carbocycles. The number of hydrogen-bond donors (Lipinski definition) is 2. The summed E-state index contributed by atoms with van der Waals surface area (Å²) in [4.78, 5) is 27.4. The number of nitrogen functional groups attached to an aromatic ring is 1. The molecule has 2 saturated heterocycles. The Morgan fingerprint density at radius 1 is 1.34 bits per heavy atom. The minimum absolute atomic E-state index is 0.0452. The molecule has 1 aromatic rings. The van der Waals surface area contributed by atoms with Crippen LogP contribution in [-0.2, 0) is 4.79 Å². The fourth-order valence-corrected chi connectivity index (χ4v) is 5.52. The Hall–Kier alpha value is -1.79. The van der Waals surface area contributed by atoms with Crippen LogP contribution in [0.2, 0.25) is 5.02 Å². The lowest BCUT2D eigenvalue weighted by atomic mass is 9.81. The van der Waals surface area contributed by atoms with Crippen LogP contribution in [0.25, 0.3) is 0 Å². The van der Waals surface area contributed by atoms with Gasteiger partial charge in [-0.3, -0.25) is 14.5 Å². The average molecular weight is 420 g/mol. The number of anilines is 1. The minimum atomic E-state index is -0.167. The first-order valence-electron chi connectivity index (χ1n) is 10.7. The number of piperidine rings is 2. The molecule has 6 nitrogen and oxygen atoms in total. The molecule has 1 amide bonds. The number of Topliss-reactive ketones (excluding diaryl/α,β-unsaturated/α-hetero) is 1. The molecule has 7 heteroatoms. The minimum Gasteiger partial charge on any atom is -0.492 e. The van der Waals surface area contributed by atoms with Gasteiger partial charge in [-0.15, -0.1) is 0 Å². The van der Waals surface area contributed by atoms with Crippen molar-refractivity contribution in [1.29, 1.82) is 0 Å². The van der Waals surface area contributed by atoms with Gasteiger partial charge in [-0.2, -0.15) is 0 Å². The van der Waals surface area contributed by atoms with E-state index in [0.717, 1.165) is 37.7 Å². The number of nitrogens with two attached hydrogens (primary N) is 1. The topological polar surface area (TPSA) is 84.7 Å². The molecular weight excluding hydrogens is 390 g/mol. The number of ketones is 1. The number of amides is 1. The first-order valence-corrected chi connectivity index (χ1v) is 11.1. The molecule has 2 fully saturated rings. The second-order valence-corrected chi connectivity index (χ2v) is 9.15. The van der Waals surface area contributed by atoms with Crippen LogP contribution in [0.5, 0.6) is 5.75 Å². The maximum atomic E-state index is 13.2. The molecular formula is C22H30ClN3O3. The molecule has 29 heavy (non-hydrogen) atoms. The summed E-state index contributed by atoms with van der Waals surface area (Å²) in [6, 6.07) is 2.09. The number of halogens is 1. The summed E-state index contributed by atoms with van der Waals surface area (Å²) in [7, 11) is 2.08. The highest BCUT2D eigenvalue weighted by atomic mass is 35.5. The summed E-state index contributed by atoms with van der Waals surface area (Å²) in [5.41, 5.74) is 8.18. The Bertz CT molecular complexity index is 810. The van der Waals surface area contributed by atoms with Gasteiger partial charge in [0.2, 0.25) is 0 Å². The molecule has 0 aliphatic carbocycles. The zero-order chi connectivity index (χ0) is 20.7. The van der Waals surface area contributed by atoms with Crippen molar-refractivity contribution in [1.82, 2.24) is 10.2 Å². The molecule has 3 heterocycles. The fraction of sp³-hybridized carbons (Fsp3) is 0.636. The van der Waals surface area contributed by atoms with Gasteiger partial charge in [0.15, 0.2) is 0 Å². The molecule has 0 spiro atoms. The standard InChI is InChI=1S/C22H30ClN3O3/c1-3-4-12-5-6-29-21-17(11-18(23)20(24)19(12)21)22(28)25-13-7-14-9-16(27)10-15(8-13)26(14)2/h11-15H,3-10,24H2,1-2H3,(H,25,28). The van der Waals surface area contributed by atoms with E-state index in [-0.39, 0.29) is 30.0 Å². The average Bonchev–Trinajstić information content (AvgIpc) is 2.66. The first-order chi connectivity index (χ1) is 13.9. The van der Waals surface area contributed by atoms with Crippen molar-refractivity contribution in [2.45, 2.75) is 75.9 Å². The molecule has 2 bridgehead atoms. The van der Waals surface area contributed by atoms with Gasteiger partial charge in [-0.1, -0.05) is 24.9 Å². The lowest BCUT2D eigenvalue weighted by molar-refractivity contribution is -0.126. The number of nitrogens with one attached hydrogen (secondary N) is 1. The number of nitrogens with zero attached hydrogens (tertiary/aromatic N) is 1. The summed E-state index contributed by atoms with van der Waals surface area (Å²) in [6.07, 6.45) is 5.64. The van der Waals surface area contributed by atoms with E-state index in [1.54, 1.807) is 6.07 Å². The number of rotatable bonds is 4. The second kappa shape index (κ2) is 8.15. The SMILES string of the molecule is CCCC1CCOc2c(C(=O)NC3CC4CC(=O)CC(C3)N4C)cc(Cl)c(N)c21. The van der Waals surface area contributed by atoms with Crippen LogP contribution in [0.15, 0.2) is 6.07 Å². The molecule has 3 aliphatic rings. The van der Waals surface area contributed by atoms with Crippen molar-refractivity contribution in [3.63, 3.8) is 0 Å². The van der Waals surface area contributed by atoms with Crippen molar-refractivity contribution >= 4 is 29.0 Å². The van der Waals surface area contributed by atoms with Crippen LogP contribution in [0.1, 0.15) is 73.7 Å². The van der Waals surface area contributed by atoms with Gasteiger partial charge < -0.3 is 15.8 Å². The molecule has 4 rings (SSSR count). The third-order valence-corrected chi connectivity index (χ3v) is 7.15. The Morgan fingerprint density at radius 3 is 2.69 bits per heavy atom. The molecule has 3 N–H and O–H groups in total. The lowest BCUT2D eigenvalue weighted by Gasteiger charge is -2.46. The molecule has 3 aliphatic heterocycles. The van der Waals surface area contributed by atoms with E-state index in [2.05, 4.69) is 24.2 Å².